The molecule has 5 rings (SSSR count). The van der Waals surface area contributed by atoms with E-state index in [1.807, 2.05) is 6.07 Å². The minimum Gasteiger partial charge on any atom is -0.377 e. The van der Waals surface area contributed by atoms with Gasteiger partial charge in [-0.3, -0.25) is 9.58 Å². The Bertz CT molecular complexity index is 1190. The van der Waals surface area contributed by atoms with Crippen LogP contribution in [0, 0.1) is 0 Å². The molecular formula is C21H21B3Cl2N6O. The number of nitrogens with one attached hydrogen (secondary N) is 1. The maximum atomic E-state index is 6.67. The van der Waals surface area contributed by atoms with Gasteiger partial charge in [0.25, 0.3) is 0 Å². The number of benzene rings is 1. The molecule has 0 unspecified atom stereocenters. The van der Waals surface area contributed by atoms with Crippen molar-refractivity contribution in [1.29, 1.82) is 0 Å². The van der Waals surface area contributed by atoms with E-state index in [1.165, 1.54) is 6.20 Å². The lowest BCUT2D eigenvalue weighted by Gasteiger charge is -2.50. The molecule has 1 aromatic carbocycles. The SMILES string of the molecule is [B]C([B])([B])n1ncc(Nc2ncc3cc(Cl)c(C4CCN(C5(C)COC5)CC4)cc3n2)c1Cl. The van der Waals surface area contributed by atoms with Crippen LogP contribution in [-0.4, -0.2) is 80.0 Å². The van der Waals surface area contributed by atoms with E-state index in [0.717, 1.165) is 65.3 Å². The van der Waals surface area contributed by atoms with Gasteiger partial charge in [-0.15, -0.1) is 0 Å². The van der Waals surface area contributed by atoms with Gasteiger partial charge in [-0.1, -0.05) is 23.2 Å². The summed E-state index contributed by atoms with van der Waals surface area (Å²) in [5.74, 6) is 0.746. The summed E-state index contributed by atoms with van der Waals surface area (Å²) in [4.78, 5) is 11.6. The zero-order chi connectivity index (χ0) is 23.4. The lowest BCUT2D eigenvalue weighted by molar-refractivity contribution is -0.136. The van der Waals surface area contributed by atoms with Gasteiger partial charge >= 0.3 is 0 Å². The fourth-order valence-corrected chi connectivity index (χ4v) is 5.17. The predicted octanol–water partition coefficient (Wildman–Crippen LogP) is 2.92. The number of piperidine rings is 1. The van der Waals surface area contributed by atoms with Crippen LogP contribution in [0.5, 0.6) is 0 Å². The van der Waals surface area contributed by atoms with Crippen molar-refractivity contribution in [2.24, 2.45) is 0 Å². The summed E-state index contributed by atoms with van der Waals surface area (Å²) in [6.07, 6.45) is 5.28. The van der Waals surface area contributed by atoms with E-state index in [-0.39, 0.29) is 10.7 Å². The van der Waals surface area contributed by atoms with E-state index in [0.29, 0.717) is 17.6 Å². The maximum Gasteiger partial charge on any atom is 0.227 e. The number of rotatable bonds is 5. The second-order valence-corrected chi connectivity index (χ2v) is 9.92. The highest BCUT2D eigenvalue weighted by Crippen LogP contribution is 2.38. The number of fused-ring (bicyclic) bond motifs is 1. The van der Waals surface area contributed by atoms with Crippen LogP contribution in [0.15, 0.2) is 24.5 Å². The van der Waals surface area contributed by atoms with E-state index < -0.39 is 5.24 Å². The molecule has 2 aromatic heterocycles. The summed E-state index contributed by atoms with van der Waals surface area (Å²) in [6, 6.07) is 3.99. The molecule has 4 heterocycles. The van der Waals surface area contributed by atoms with E-state index >= 15 is 0 Å². The Morgan fingerprint density at radius 3 is 2.48 bits per heavy atom. The van der Waals surface area contributed by atoms with Gasteiger partial charge in [-0.05, 0) is 61.7 Å². The van der Waals surface area contributed by atoms with Crippen LogP contribution in [0.2, 0.25) is 10.2 Å². The Morgan fingerprint density at radius 2 is 1.88 bits per heavy atom. The topological polar surface area (TPSA) is 68.1 Å². The van der Waals surface area contributed by atoms with E-state index in [4.69, 9.17) is 51.5 Å². The first-order chi connectivity index (χ1) is 15.6. The highest BCUT2D eigenvalue weighted by molar-refractivity contribution is 6.57. The first-order valence-corrected chi connectivity index (χ1v) is 11.6. The number of halogens is 2. The average Bonchev–Trinajstić information content (AvgIpc) is 3.12. The van der Waals surface area contributed by atoms with Crippen LogP contribution in [0.1, 0.15) is 31.2 Å². The minimum absolute atomic E-state index is 0.153. The second kappa shape index (κ2) is 8.49. The third-order valence-electron chi connectivity index (χ3n) is 6.55. The molecule has 2 fully saturated rings. The van der Waals surface area contributed by atoms with Gasteiger partial charge in [0.2, 0.25) is 5.95 Å². The molecule has 0 aliphatic carbocycles. The van der Waals surface area contributed by atoms with Gasteiger partial charge in [0.15, 0.2) is 0 Å². The Labute approximate surface area is 206 Å². The molecule has 7 nitrogen and oxygen atoms in total. The molecule has 0 atom stereocenters. The summed E-state index contributed by atoms with van der Waals surface area (Å²) in [5.41, 5.74) is 2.53. The van der Waals surface area contributed by atoms with E-state index in [2.05, 4.69) is 38.3 Å². The molecule has 164 valence electrons. The summed E-state index contributed by atoms with van der Waals surface area (Å²) >= 11 is 13.0. The van der Waals surface area contributed by atoms with Crippen molar-refractivity contribution in [3.8, 4) is 0 Å². The molecule has 6 radical (unpaired) electrons. The standard InChI is InChI=1S/C21H21B3Cl2N6O/c1-20(10-33-11-20)31-4-2-12(3-5-31)14-7-16-13(6-15(14)25)8-27-19(29-16)30-17-9-28-32(18(17)26)21(22,23)24/h6-9,12H,2-5,10-11H2,1H3,(H,27,29,30). The first-order valence-electron chi connectivity index (χ1n) is 10.8. The van der Waals surface area contributed by atoms with Gasteiger partial charge in [0.1, 0.15) is 5.15 Å². The lowest BCUT2D eigenvalue weighted by Crippen LogP contribution is -2.61. The van der Waals surface area contributed by atoms with Crippen molar-refractivity contribution < 1.29 is 4.74 Å². The monoisotopic (exact) mass is 476 g/mol. The number of nitrogens with zero attached hydrogens (tertiary/aromatic N) is 5. The molecule has 33 heavy (non-hydrogen) atoms. The first kappa shape index (κ1) is 23.0. The third-order valence-corrected chi connectivity index (χ3v) is 7.24. The number of anilines is 2. The molecule has 2 aliphatic rings. The van der Waals surface area contributed by atoms with Gasteiger partial charge in [-0.25, -0.2) is 9.97 Å². The second-order valence-electron chi connectivity index (χ2n) is 9.15. The number of aromatic nitrogens is 4. The van der Waals surface area contributed by atoms with E-state index in [9.17, 15) is 0 Å². The molecule has 0 saturated carbocycles. The van der Waals surface area contributed by atoms with Crippen LogP contribution in [0.25, 0.3) is 10.9 Å². The summed E-state index contributed by atoms with van der Waals surface area (Å²) < 4.78 is 6.54. The Hall–Kier alpha value is -1.74. The molecule has 0 bridgehead atoms. The highest BCUT2D eigenvalue weighted by atomic mass is 35.5. The largest absolute Gasteiger partial charge is 0.377 e. The van der Waals surface area contributed by atoms with E-state index in [1.54, 1.807) is 6.20 Å². The molecule has 0 amide bonds. The zero-order valence-electron chi connectivity index (χ0n) is 18.3. The van der Waals surface area contributed by atoms with Crippen molar-refractivity contribution in [1.82, 2.24) is 24.6 Å². The van der Waals surface area contributed by atoms with Crippen molar-refractivity contribution in [3.63, 3.8) is 0 Å². The molecule has 3 aromatic rings. The smallest absolute Gasteiger partial charge is 0.227 e. The van der Waals surface area contributed by atoms with Gasteiger partial charge in [-0.2, -0.15) is 5.10 Å². The van der Waals surface area contributed by atoms with Gasteiger partial charge in [0, 0.05) is 16.6 Å². The van der Waals surface area contributed by atoms with Crippen molar-refractivity contribution in [3.05, 3.63) is 40.3 Å². The number of hydrogen-bond acceptors (Lipinski definition) is 6. The fraction of sp³-hybridized carbons (Fsp3) is 0.476. The normalized spacial score (nSPS) is 19.5. The number of likely N-dealkylation sites (tertiary alicyclic amines) is 1. The Morgan fingerprint density at radius 1 is 1.15 bits per heavy atom. The molecule has 0 spiro atoms. The molecule has 12 heteroatoms. The average molecular weight is 477 g/mol. The number of hydrogen-bond donors (Lipinski definition) is 1. The Balaban J connectivity index is 1.37. The van der Waals surface area contributed by atoms with Crippen LogP contribution < -0.4 is 5.32 Å². The minimum atomic E-state index is -1.72. The number of ether oxygens (including phenoxy) is 1. The van der Waals surface area contributed by atoms with Gasteiger partial charge in [0.05, 0.1) is 59.7 Å². The summed E-state index contributed by atoms with van der Waals surface area (Å²) in [7, 11) is 17.0. The Kier molecular flexibility index (Phi) is 5.92. The van der Waals surface area contributed by atoms with Crippen LogP contribution in [-0.2, 0) is 9.97 Å². The molecule has 2 aliphatic heterocycles. The molecular weight excluding hydrogens is 456 g/mol. The van der Waals surface area contributed by atoms with Crippen LogP contribution in [0.4, 0.5) is 11.6 Å². The lowest BCUT2D eigenvalue weighted by atomic mass is 9.49. The molecule has 2 saturated heterocycles. The van der Waals surface area contributed by atoms with Crippen LogP contribution in [0.3, 0.4) is 0 Å². The zero-order valence-corrected chi connectivity index (χ0v) is 19.8. The van der Waals surface area contributed by atoms with Crippen molar-refractivity contribution >= 4 is 69.3 Å². The van der Waals surface area contributed by atoms with Gasteiger partial charge < -0.3 is 10.1 Å². The van der Waals surface area contributed by atoms with Crippen molar-refractivity contribution in [2.45, 2.75) is 36.5 Å². The third kappa shape index (κ3) is 4.38. The quantitative estimate of drug-likeness (QED) is 0.571. The molecule has 1 N–H and O–H groups in total. The van der Waals surface area contributed by atoms with Crippen molar-refractivity contribution in [2.75, 3.05) is 31.6 Å². The van der Waals surface area contributed by atoms with Crippen LogP contribution >= 0.6 is 23.2 Å². The fourth-order valence-electron chi connectivity index (χ4n) is 4.56. The highest BCUT2D eigenvalue weighted by Gasteiger charge is 2.41. The maximum absolute atomic E-state index is 6.67. The summed E-state index contributed by atoms with van der Waals surface area (Å²) in [6.45, 7) is 5.96. The summed E-state index contributed by atoms with van der Waals surface area (Å²) in [5, 5.41) is 7.12. The predicted molar refractivity (Wildman–Crippen MR) is 133 cm³/mol.